The van der Waals surface area contributed by atoms with Crippen LogP contribution in [0.15, 0.2) is 18.2 Å². The van der Waals surface area contributed by atoms with Gasteiger partial charge in [-0.05, 0) is 42.4 Å². The lowest BCUT2D eigenvalue weighted by molar-refractivity contribution is -0.134. The summed E-state index contributed by atoms with van der Waals surface area (Å²) in [5.74, 6) is 0.238. The van der Waals surface area contributed by atoms with Crippen molar-refractivity contribution in [2.45, 2.75) is 38.5 Å². The highest BCUT2D eigenvalue weighted by Gasteiger charge is 2.17. The summed E-state index contributed by atoms with van der Waals surface area (Å²) in [7, 11) is 0. The molecule has 0 bridgehead atoms. The Morgan fingerprint density at radius 2 is 1.80 bits per heavy atom. The molecule has 1 heterocycles. The zero-order valence-electron chi connectivity index (χ0n) is 12.1. The van der Waals surface area contributed by atoms with E-state index >= 15 is 0 Å². The molecule has 1 aliphatic carbocycles. The Labute approximate surface area is 120 Å². The molecule has 0 aromatic heterocycles. The van der Waals surface area contributed by atoms with E-state index in [-0.39, 0.29) is 5.91 Å². The van der Waals surface area contributed by atoms with Gasteiger partial charge in [0.05, 0.1) is 19.6 Å². The van der Waals surface area contributed by atoms with Crippen LogP contribution in [-0.2, 0) is 28.8 Å². The number of hydrogen-bond donors (Lipinski definition) is 0. The van der Waals surface area contributed by atoms with E-state index in [4.69, 9.17) is 4.74 Å². The Balaban J connectivity index is 1.68. The summed E-state index contributed by atoms with van der Waals surface area (Å²) in [5, 5.41) is 0. The third-order valence-corrected chi connectivity index (χ3v) is 4.38. The number of carbonyl (C=O) groups excluding carboxylic acids is 1. The molecule has 1 fully saturated rings. The molecule has 1 aromatic rings. The summed E-state index contributed by atoms with van der Waals surface area (Å²) in [6, 6.07) is 6.64. The molecule has 0 N–H and O–H groups in total. The van der Waals surface area contributed by atoms with E-state index in [0.717, 1.165) is 13.1 Å². The molecule has 2 aliphatic rings. The molecule has 1 aliphatic heterocycles. The number of amides is 1. The van der Waals surface area contributed by atoms with Gasteiger partial charge < -0.3 is 9.64 Å². The molecule has 0 spiro atoms. The summed E-state index contributed by atoms with van der Waals surface area (Å²) >= 11 is 0. The third-order valence-electron chi connectivity index (χ3n) is 4.38. The molecule has 3 rings (SSSR count). The second-order valence-electron chi connectivity index (χ2n) is 5.83. The molecule has 20 heavy (non-hydrogen) atoms. The summed E-state index contributed by atoms with van der Waals surface area (Å²) < 4.78 is 5.29. The monoisotopic (exact) mass is 273 g/mol. The van der Waals surface area contributed by atoms with Crippen molar-refractivity contribution in [1.29, 1.82) is 0 Å². The fourth-order valence-electron chi connectivity index (χ4n) is 3.17. The highest BCUT2D eigenvalue weighted by molar-refractivity contribution is 5.79. The molecule has 1 saturated heterocycles. The zero-order chi connectivity index (χ0) is 13.8. The van der Waals surface area contributed by atoms with Gasteiger partial charge in [0, 0.05) is 13.1 Å². The molecule has 1 aromatic carbocycles. The number of benzene rings is 1. The molecule has 3 heteroatoms. The van der Waals surface area contributed by atoms with Crippen molar-refractivity contribution >= 4 is 5.91 Å². The van der Waals surface area contributed by atoms with E-state index in [2.05, 4.69) is 18.2 Å². The second kappa shape index (κ2) is 6.40. The maximum Gasteiger partial charge on any atom is 0.227 e. The number of nitrogens with zero attached hydrogens (tertiary/aromatic N) is 1. The van der Waals surface area contributed by atoms with Gasteiger partial charge in [0.25, 0.3) is 0 Å². The van der Waals surface area contributed by atoms with Gasteiger partial charge >= 0.3 is 0 Å². The third kappa shape index (κ3) is 3.21. The lowest BCUT2D eigenvalue weighted by Crippen LogP contribution is -2.41. The lowest BCUT2D eigenvalue weighted by Gasteiger charge is -2.27. The first-order valence-corrected chi connectivity index (χ1v) is 7.79. The Morgan fingerprint density at radius 3 is 2.60 bits per heavy atom. The number of rotatable bonds is 2. The van der Waals surface area contributed by atoms with Gasteiger partial charge in [0.1, 0.15) is 0 Å². The zero-order valence-corrected chi connectivity index (χ0v) is 12.1. The number of carbonyl (C=O) groups is 1. The van der Waals surface area contributed by atoms with Crippen molar-refractivity contribution in [3.63, 3.8) is 0 Å². The number of hydrogen-bond acceptors (Lipinski definition) is 2. The van der Waals surface area contributed by atoms with Crippen LogP contribution in [0.3, 0.4) is 0 Å². The Bertz CT molecular complexity index is 478. The topological polar surface area (TPSA) is 29.5 Å². The molecule has 0 atom stereocenters. The second-order valence-corrected chi connectivity index (χ2v) is 5.83. The Morgan fingerprint density at radius 1 is 1.05 bits per heavy atom. The van der Waals surface area contributed by atoms with Crippen LogP contribution in [0.2, 0.25) is 0 Å². The minimum atomic E-state index is 0.238. The van der Waals surface area contributed by atoms with Gasteiger partial charge in [-0.25, -0.2) is 0 Å². The highest BCUT2D eigenvalue weighted by Crippen LogP contribution is 2.22. The van der Waals surface area contributed by atoms with Crippen molar-refractivity contribution in [2.24, 2.45) is 0 Å². The summed E-state index contributed by atoms with van der Waals surface area (Å²) in [4.78, 5) is 14.2. The predicted octanol–water partition coefficient (Wildman–Crippen LogP) is 2.36. The highest BCUT2D eigenvalue weighted by atomic mass is 16.5. The van der Waals surface area contributed by atoms with E-state index in [9.17, 15) is 4.79 Å². The minimum absolute atomic E-state index is 0.238. The number of ether oxygens (including phenoxy) is 1. The summed E-state index contributed by atoms with van der Waals surface area (Å²) in [6.07, 6.45) is 6.83. The fourth-order valence-corrected chi connectivity index (χ4v) is 3.17. The maximum absolute atomic E-state index is 12.3. The van der Waals surface area contributed by atoms with Crippen molar-refractivity contribution in [3.05, 3.63) is 34.9 Å². The van der Waals surface area contributed by atoms with Gasteiger partial charge in [-0.2, -0.15) is 0 Å². The van der Waals surface area contributed by atoms with E-state index in [0.29, 0.717) is 19.6 Å². The molecule has 0 saturated carbocycles. The summed E-state index contributed by atoms with van der Waals surface area (Å²) in [5.41, 5.74) is 4.13. The standard InChI is InChI=1S/C17H23NO2/c19-17(18-8-10-20-11-9-18)13-14-6-7-15-4-2-1-3-5-16(15)12-14/h6-7,12H,1-5,8-11,13H2. The fraction of sp³-hybridized carbons (Fsp3) is 0.588. The molecule has 3 nitrogen and oxygen atoms in total. The quantitative estimate of drug-likeness (QED) is 0.774. The Hall–Kier alpha value is -1.35. The SMILES string of the molecule is O=C(Cc1ccc2c(c1)CCCCC2)N1CCOCC1. The van der Waals surface area contributed by atoms with Crippen LogP contribution in [0, 0.1) is 0 Å². The normalized spacial score (nSPS) is 19.3. The predicted molar refractivity (Wildman–Crippen MR) is 78.8 cm³/mol. The van der Waals surface area contributed by atoms with Gasteiger partial charge in [-0.15, -0.1) is 0 Å². The van der Waals surface area contributed by atoms with Crippen LogP contribution >= 0.6 is 0 Å². The van der Waals surface area contributed by atoms with Gasteiger partial charge in [-0.1, -0.05) is 24.6 Å². The van der Waals surface area contributed by atoms with Crippen molar-refractivity contribution in [1.82, 2.24) is 4.90 Å². The lowest BCUT2D eigenvalue weighted by atomic mass is 9.98. The van der Waals surface area contributed by atoms with Crippen molar-refractivity contribution in [2.75, 3.05) is 26.3 Å². The van der Waals surface area contributed by atoms with E-state index in [1.807, 2.05) is 4.90 Å². The van der Waals surface area contributed by atoms with Crippen LogP contribution in [0.1, 0.15) is 36.0 Å². The first-order valence-electron chi connectivity index (χ1n) is 7.79. The number of aryl methyl sites for hydroxylation is 2. The Kier molecular flexibility index (Phi) is 4.36. The average Bonchev–Trinajstić information content (AvgIpc) is 2.73. The van der Waals surface area contributed by atoms with Crippen molar-refractivity contribution in [3.8, 4) is 0 Å². The molecule has 108 valence electrons. The smallest absolute Gasteiger partial charge is 0.227 e. The van der Waals surface area contributed by atoms with Crippen LogP contribution in [0.5, 0.6) is 0 Å². The largest absolute Gasteiger partial charge is 0.378 e. The van der Waals surface area contributed by atoms with Crippen LogP contribution in [-0.4, -0.2) is 37.1 Å². The van der Waals surface area contributed by atoms with E-state index in [1.54, 1.807) is 0 Å². The first kappa shape index (κ1) is 13.6. The van der Waals surface area contributed by atoms with Gasteiger partial charge in [-0.3, -0.25) is 4.79 Å². The average molecular weight is 273 g/mol. The molecule has 0 unspecified atom stereocenters. The van der Waals surface area contributed by atoms with Crippen LogP contribution in [0.25, 0.3) is 0 Å². The van der Waals surface area contributed by atoms with Crippen molar-refractivity contribution < 1.29 is 9.53 Å². The van der Waals surface area contributed by atoms with E-state index in [1.165, 1.54) is 48.8 Å². The number of morpholine rings is 1. The molecular weight excluding hydrogens is 250 g/mol. The van der Waals surface area contributed by atoms with Crippen LogP contribution in [0.4, 0.5) is 0 Å². The molecule has 0 radical (unpaired) electrons. The van der Waals surface area contributed by atoms with Gasteiger partial charge in [0.2, 0.25) is 5.91 Å². The van der Waals surface area contributed by atoms with Gasteiger partial charge in [0.15, 0.2) is 0 Å². The first-order chi connectivity index (χ1) is 9.83. The number of fused-ring (bicyclic) bond motifs is 1. The van der Waals surface area contributed by atoms with Crippen LogP contribution < -0.4 is 0 Å². The maximum atomic E-state index is 12.3. The minimum Gasteiger partial charge on any atom is -0.378 e. The molecule has 1 amide bonds. The molecular formula is C17H23NO2. The van der Waals surface area contributed by atoms with E-state index < -0.39 is 0 Å². The summed E-state index contributed by atoms with van der Waals surface area (Å²) in [6.45, 7) is 2.83.